The molecule has 0 spiro atoms. The molecule has 1 saturated carbocycles. The van der Waals surface area contributed by atoms with Crippen molar-refractivity contribution in [1.82, 2.24) is 14.8 Å². The molecule has 4 rings (SSSR count). The fourth-order valence-electron chi connectivity index (χ4n) is 4.35. The van der Waals surface area contributed by atoms with Crippen molar-refractivity contribution >= 4 is 5.78 Å². The van der Waals surface area contributed by atoms with Gasteiger partial charge >= 0.3 is 6.18 Å². The van der Waals surface area contributed by atoms with Crippen LogP contribution in [0.2, 0.25) is 0 Å². The highest BCUT2D eigenvalue weighted by atomic mass is 19.4. The molecule has 1 N–H and O–H groups in total. The summed E-state index contributed by atoms with van der Waals surface area (Å²) in [5.74, 6) is -0.194. The Morgan fingerprint density at radius 2 is 1.85 bits per heavy atom. The van der Waals surface area contributed by atoms with E-state index in [1.54, 1.807) is 25.3 Å². The van der Waals surface area contributed by atoms with E-state index in [4.69, 9.17) is 0 Å². The van der Waals surface area contributed by atoms with Crippen LogP contribution in [0.5, 0.6) is 0 Å². The number of hydrogen-bond acceptors (Lipinski definition) is 5. The van der Waals surface area contributed by atoms with Gasteiger partial charge in [0.25, 0.3) is 0 Å². The van der Waals surface area contributed by atoms with E-state index in [1.807, 2.05) is 0 Å². The van der Waals surface area contributed by atoms with E-state index in [0.29, 0.717) is 53.9 Å². The van der Waals surface area contributed by atoms with E-state index in [9.17, 15) is 28.3 Å². The average molecular weight is 468 g/mol. The topological polar surface area (TPSA) is 91.8 Å². The number of aliphatic hydroxyl groups is 1. The van der Waals surface area contributed by atoms with Gasteiger partial charge in [-0.3, -0.25) is 9.78 Å². The first-order valence-corrected chi connectivity index (χ1v) is 10.9. The maximum Gasteiger partial charge on any atom is 0.416 e. The summed E-state index contributed by atoms with van der Waals surface area (Å²) in [4.78, 5) is 17.3. The molecule has 1 fully saturated rings. The molecule has 0 bridgehead atoms. The molecule has 0 saturated heterocycles. The van der Waals surface area contributed by atoms with Crippen LogP contribution in [0.1, 0.15) is 58.6 Å². The number of aromatic nitrogens is 3. The fraction of sp³-hybridized carbons (Fsp3) is 0.360. The molecule has 6 nitrogen and oxygen atoms in total. The van der Waals surface area contributed by atoms with Crippen molar-refractivity contribution < 1.29 is 23.1 Å². The minimum atomic E-state index is -4.42. The van der Waals surface area contributed by atoms with Crippen LogP contribution < -0.4 is 0 Å². The van der Waals surface area contributed by atoms with Crippen molar-refractivity contribution in [1.29, 1.82) is 5.26 Å². The minimum absolute atomic E-state index is 0.0745. The van der Waals surface area contributed by atoms with E-state index in [-0.39, 0.29) is 18.3 Å². The number of hydrogen-bond donors (Lipinski definition) is 1. The number of alkyl halides is 3. The van der Waals surface area contributed by atoms with Gasteiger partial charge < -0.3 is 5.11 Å². The van der Waals surface area contributed by atoms with E-state index in [0.717, 1.165) is 12.1 Å². The number of rotatable bonds is 5. The van der Waals surface area contributed by atoms with Crippen LogP contribution >= 0.6 is 0 Å². The number of carbonyl (C=O) groups excluding carboxylic acids is 1. The van der Waals surface area contributed by atoms with Gasteiger partial charge in [0.05, 0.1) is 52.0 Å². The lowest BCUT2D eigenvalue weighted by Crippen LogP contribution is -2.33. The van der Waals surface area contributed by atoms with Gasteiger partial charge in [-0.05, 0) is 68.5 Å². The molecule has 9 heteroatoms. The van der Waals surface area contributed by atoms with Crippen LogP contribution in [-0.4, -0.2) is 31.8 Å². The van der Waals surface area contributed by atoms with Crippen LogP contribution in [0.3, 0.4) is 0 Å². The monoisotopic (exact) mass is 468 g/mol. The highest BCUT2D eigenvalue weighted by Crippen LogP contribution is 2.38. The largest absolute Gasteiger partial charge is 0.416 e. The van der Waals surface area contributed by atoms with Crippen molar-refractivity contribution in [2.75, 3.05) is 0 Å². The van der Waals surface area contributed by atoms with Gasteiger partial charge in [-0.25, -0.2) is 4.68 Å². The molecule has 0 amide bonds. The third-order valence-electron chi connectivity index (χ3n) is 6.45. The fourth-order valence-corrected chi connectivity index (χ4v) is 4.35. The molecule has 0 aliphatic heterocycles. The second kappa shape index (κ2) is 9.03. The lowest BCUT2D eigenvalue weighted by Gasteiger charge is -2.32. The summed E-state index contributed by atoms with van der Waals surface area (Å²) in [5.41, 5.74) is 1.17. The number of nitriles is 1. The third-order valence-corrected chi connectivity index (χ3v) is 6.45. The van der Waals surface area contributed by atoms with Crippen molar-refractivity contribution in [2.45, 2.75) is 56.7 Å². The van der Waals surface area contributed by atoms with Gasteiger partial charge in [0.2, 0.25) is 0 Å². The maximum atomic E-state index is 12.9. The number of aliphatic hydroxyl groups excluding tert-OH is 1. The van der Waals surface area contributed by atoms with Crippen LogP contribution in [-0.2, 0) is 18.0 Å². The Balaban J connectivity index is 1.48. The summed E-state index contributed by atoms with van der Waals surface area (Å²) in [6.45, 7) is 1.69. The van der Waals surface area contributed by atoms with Crippen LogP contribution in [0.15, 0.2) is 48.8 Å². The van der Waals surface area contributed by atoms with Gasteiger partial charge in [0, 0.05) is 12.6 Å². The summed E-state index contributed by atoms with van der Waals surface area (Å²) in [6, 6.07) is 10.5. The number of halogens is 3. The summed E-state index contributed by atoms with van der Waals surface area (Å²) >= 11 is 0. The van der Waals surface area contributed by atoms with Crippen molar-refractivity contribution in [3.8, 4) is 11.8 Å². The van der Waals surface area contributed by atoms with E-state index < -0.39 is 17.2 Å². The Morgan fingerprint density at radius 1 is 1.18 bits per heavy atom. The average Bonchev–Trinajstić information content (AvgIpc) is 3.21. The summed E-state index contributed by atoms with van der Waals surface area (Å²) in [7, 11) is 0. The van der Waals surface area contributed by atoms with Gasteiger partial charge in [-0.1, -0.05) is 6.07 Å². The highest BCUT2D eigenvalue weighted by Gasteiger charge is 2.38. The van der Waals surface area contributed by atoms with Gasteiger partial charge in [0.1, 0.15) is 0 Å². The number of Topliss-reactive ketones (excluding diaryl/α,β-unsaturated/α-hetero) is 1. The maximum absolute atomic E-state index is 12.9. The standard InChI is InChI=1S/C25H23F3N4O2/c1-16-21(14-31-32(16)19-5-3-18(4-6-19)25(26,27)28)22(34)12-17-2-7-23(30-13-17)24(15-29)10-8-20(33)9-11-24/h2-7,13-14,20,33H,8-12H2,1H3. The van der Waals surface area contributed by atoms with Crippen molar-refractivity contribution in [2.24, 2.45) is 0 Å². The predicted octanol–water partition coefficient (Wildman–Crippen LogP) is 4.72. The summed E-state index contributed by atoms with van der Waals surface area (Å²) in [6.07, 6.45) is 0.456. The molecule has 2 aromatic heterocycles. The van der Waals surface area contributed by atoms with Crippen LogP contribution in [0, 0.1) is 18.3 Å². The van der Waals surface area contributed by atoms with Crippen molar-refractivity contribution in [3.05, 3.63) is 76.9 Å². The Kier molecular flexibility index (Phi) is 6.28. The van der Waals surface area contributed by atoms with E-state index in [1.165, 1.54) is 23.0 Å². The number of carbonyl (C=O) groups is 1. The molecule has 1 aliphatic rings. The van der Waals surface area contributed by atoms with Crippen LogP contribution in [0.25, 0.3) is 5.69 Å². The molecule has 0 radical (unpaired) electrons. The van der Waals surface area contributed by atoms with Gasteiger partial charge in [-0.2, -0.15) is 23.5 Å². The SMILES string of the molecule is Cc1c(C(=O)Cc2ccc(C3(C#N)CCC(O)CC3)nc2)cnn1-c1ccc(C(F)(F)F)cc1. The number of ketones is 1. The first-order chi connectivity index (χ1) is 16.1. The molecule has 1 aromatic carbocycles. The van der Waals surface area contributed by atoms with Gasteiger partial charge in [-0.15, -0.1) is 0 Å². The second-order valence-electron chi connectivity index (χ2n) is 8.68. The quantitative estimate of drug-likeness (QED) is 0.548. The first-order valence-electron chi connectivity index (χ1n) is 10.9. The molecule has 34 heavy (non-hydrogen) atoms. The minimum Gasteiger partial charge on any atom is -0.393 e. The number of pyridine rings is 1. The Labute approximate surface area is 194 Å². The normalized spacial score (nSPS) is 20.6. The van der Waals surface area contributed by atoms with E-state index >= 15 is 0 Å². The molecule has 0 atom stereocenters. The zero-order valence-electron chi connectivity index (χ0n) is 18.5. The zero-order chi connectivity index (χ0) is 24.5. The van der Waals surface area contributed by atoms with Gasteiger partial charge in [0.15, 0.2) is 5.78 Å². The molecule has 0 unspecified atom stereocenters. The smallest absolute Gasteiger partial charge is 0.393 e. The lowest BCUT2D eigenvalue weighted by atomic mass is 9.72. The predicted molar refractivity (Wildman–Crippen MR) is 117 cm³/mol. The highest BCUT2D eigenvalue weighted by molar-refractivity contribution is 5.98. The molecule has 176 valence electrons. The first kappa shape index (κ1) is 23.6. The number of nitrogens with zero attached hydrogens (tertiary/aromatic N) is 4. The van der Waals surface area contributed by atoms with Crippen LogP contribution in [0.4, 0.5) is 13.2 Å². The molecular weight excluding hydrogens is 445 g/mol. The number of benzene rings is 1. The van der Waals surface area contributed by atoms with Crippen molar-refractivity contribution in [3.63, 3.8) is 0 Å². The molecule has 2 heterocycles. The lowest BCUT2D eigenvalue weighted by molar-refractivity contribution is -0.137. The molecular formula is C25H23F3N4O2. The summed E-state index contributed by atoms with van der Waals surface area (Å²) in [5, 5.41) is 23.7. The Hall–Kier alpha value is -3.51. The Bertz CT molecular complexity index is 1220. The molecule has 3 aromatic rings. The Morgan fingerprint density at radius 3 is 2.41 bits per heavy atom. The third kappa shape index (κ3) is 4.59. The molecule has 1 aliphatic carbocycles. The zero-order valence-corrected chi connectivity index (χ0v) is 18.5. The second-order valence-corrected chi connectivity index (χ2v) is 8.68. The van der Waals surface area contributed by atoms with E-state index in [2.05, 4.69) is 16.2 Å². The summed E-state index contributed by atoms with van der Waals surface area (Å²) < 4.78 is 39.9.